The fourth-order valence-electron chi connectivity index (χ4n) is 7.10. The van der Waals surface area contributed by atoms with Crippen LogP contribution in [0.25, 0.3) is 0 Å². The van der Waals surface area contributed by atoms with Gasteiger partial charge in [-0.1, -0.05) is 66.7 Å². The zero-order valence-electron chi connectivity index (χ0n) is 17.4. The molecule has 1 atom stereocenters. The van der Waals surface area contributed by atoms with E-state index in [2.05, 4.69) is 78.2 Å². The van der Waals surface area contributed by atoms with Gasteiger partial charge < -0.3 is 0 Å². The molecule has 0 radical (unpaired) electrons. The normalized spacial score (nSPS) is 30.2. The summed E-state index contributed by atoms with van der Waals surface area (Å²) in [5.41, 5.74) is 3.98. The Morgan fingerprint density at radius 2 is 1.27 bits per heavy atom. The van der Waals surface area contributed by atoms with E-state index in [0.29, 0.717) is 5.41 Å². The van der Waals surface area contributed by atoms with Crippen LogP contribution in [0.3, 0.4) is 0 Å². The molecule has 7 rings (SSSR count). The summed E-state index contributed by atoms with van der Waals surface area (Å²) in [6, 6.07) is 26.5. The van der Waals surface area contributed by atoms with Gasteiger partial charge in [0.15, 0.2) is 0 Å². The van der Waals surface area contributed by atoms with E-state index in [4.69, 9.17) is 4.99 Å². The van der Waals surface area contributed by atoms with Gasteiger partial charge in [-0.2, -0.15) is 0 Å². The summed E-state index contributed by atoms with van der Waals surface area (Å²) in [6.45, 7) is 0. The molecule has 4 saturated carbocycles. The topological polar surface area (TPSA) is 12.4 Å². The van der Waals surface area contributed by atoms with Crippen LogP contribution in [0.2, 0.25) is 0 Å². The van der Waals surface area contributed by atoms with E-state index < -0.39 is 0 Å². The smallest absolute Gasteiger partial charge is 0.0905 e. The maximum absolute atomic E-state index is 5.68. The molecular weight excluding hydrogens is 382 g/mol. The summed E-state index contributed by atoms with van der Waals surface area (Å²) in [6.07, 6.45) is 8.56. The van der Waals surface area contributed by atoms with Crippen molar-refractivity contribution in [3.05, 3.63) is 94.2 Å². The Hall–Kier alpha value is -2.19. The molecule has 2 heteroatoms. The first kappa shape index (κ1) is 18.6. The first-order chi connectivity index (χ1) is 14.8. The zero-order chi connectivity index (χ0) is 20.0. The monoisotopic (exact) mass is 411 g/mol. The summed E-state index contributed by atoms with van der Waals surface area (Å²) < 4.78 is 0. The molecule has 4 aliphatic rings. The molecule has 0 aliphatic heterocycles. The second-order valence-electron chi connectivity index (χ2n) is 9.91. The van der Waals surface area contributed by atoms with Crippen LogP contribution in [0, 0.1) is 23.2 Å². The van der Waals surface area contributed by atoms with Gasteiger partial charge >= 0.3 is 0 Å². The van der Waals surface area contributed by atoms with Crippen LogP contribution in [-0.4, -0.2) is 5.71 Å². The van der Waals surface area contributed by atoms with Gasteiger partial charge in [-0.15, -0.1) is 11.3 Å². The summed E-state index contributed by atoms with van der Waals surface area (Å²) in [5.74, 6) is 2.81. The Morgan fingerprint density at radius 3 is 1.73 bits per heavy atom. The van der Waals surface area contributed by atoms with E-state index >= 15 is 0 Å². The molecule has 4 fully saturated rings. The molecule has 4 bridgehead atoms. The van der Waals surface area contributed by atoms with E-state index in [1.54, 1.807) is 0 Å². The van der Waals surface area contributed by atoms with Crippen LogP contribution in [0.1, 0.15) is 60.6 Å². The van der Waals surface area contributed by atoms with Crippen LogP contribution in [0.4, 0.5) is 0 Å². The third-order valence-corrected chi connectivity index (χ3v) is 8.76. The van der Waals surface area contributed by atoms with Crippen molar-refractivity contribution in [2.24, 2.45) is 28.2 Å². The van der Waals surface area contributed by atoms with Crippen LogP contribution in [0.5, 0.6) is 0 Å². The third kappa shape index (κ3) is 3.26. The minimum absolute atomic E-state index is 0.279. The number of rotatable bonds is 5. The molecule has 2 aromatic carbocycles. The average Bonchev–Trinajstić information content (AvgIpc) is 3.29. The first-order valence-electron chi connectivity index (χ1n) is 11.5. The van der Waals surface area contributed by atoms with Gasteiger partial charge in [0.2, 0.25) is 0 Å². The Kier molecular flexibility index (Phi) is 4.64. The van der Waals surface area contributed by atoms with E-state index in [1.165, 1.54) is 54.5 Å². The quantitative estimate of drug-likeness (QED) is 0.384. The van der Waals surface area contributed by atoms with Crippen molar-refractivity contribution in [3.63, 3.8) is 0 Å². The summed E-state index contributed by atoms with van der Waals surface area (Å²) in [7, 11) is 0. The maximum Gasteiger partial charge on any atom is 0.0905 e. The number of benzene rings is 2. The molecule has 0 amide bonds. The van der Waals surface area contributed by atoms with Crippen molar-refractivity contribution in [1.29, 1.82) is 0 Å². The van der Waals surface area contributed by atoms with Crippen molar-refractivity contribution < 1.29 is 0 Å². The molecule has 4 aliphatic carbocycles. The van der Waals surface area contributed by atoms with Crippen LogP contribution >= 0.6 is 11.3 Å². The highest BCUT2D eigenvalue weighted by Gasteiger charge is 2.55. The van der Waals surface area contributed by atoms with E-state index in [1.807, 2.05) is 11.3 Å². The van der Waals surface area contributed by atoms with E-state index in [9.17, 15) is 0 Å². The fourth-order valence-corrected chi connectivity index (χ4v) is 8.00. The number of hydrogen-bond acceptors (Lipinski definition) is 2. The lowest BCUT2D eigenvalue weighted by Gasteiger charge is -2.58. The molecular formula is C28H29NS. The molecule has 1 heterocycles. The number of hydrogen-bond donors (Lipinski definition) is 0. The highest BCUT2D eigenvalue weighted by molar-refractivity contribution is 7.10. The Balaban J connectivity index is 1.50. The lowest BCUT2D eigenvalue weighted by molar-refractivity contribution is -0.0666. The lowest BCUT2D eigenvalue weighted by Crippen LogP contribution is -2.48. The van der Waals surface area contributed by atoms with Gasteiger partial charge in [-0.25, -0.2) is 0 Å². The minimum atomic E-state index is 0.279. The molecule has 0 N–H and O–H groups in total. The second kappa shape index (κ2) is 7.50. The Labute approximate surface area is 183 Å². The summed E-state index contributed by atoms with van der Waals surface area (Å²) >= 11 is 1.91. The van der Waals surface area contributed by atoms with Gasteiger partial charge in [-0.3, -0.25) is 4.99 Å². The van der Waals surface area contributed by atoms with Gasteiger partial charge in [0.25, 0.3) is 0 Å². The number of nitrogens with zero attached hydrogens (tertiary/aromatic N) is 1. The van der Waals surface area contributed by atoms with Gasteiger partial charge in [-0.05, 0) is 73.1 Å². The third-order valence-electron chi connectivity index (χ3n) is 7.83. The van der Waals surface area contributed by atoms with Crippen molar-refractivity contribution in [3.8, 4) is 0 Å². The van der Waals surface area contributed by atoms with Gasteiger partial charge in [0.05, 0.1) is 11.8 Å². The molecule has 0 spiro atoms. The Morgan fingerprint density at radius 1 is 0.733 bits per heavy atom. The van der Waals surface area contributed by atoms with Gasteiger partial charge in [0.1, 0.15) is 0 Å². The van der Waals surface area contributed by atoms with Crippen molar-refractivity contribution in [2.45, 2.75) is 44.6 Å². The Bertz CT molecular complexity index is 942. The van der Waals surface area contributed by atoms with Crippen LogP contribution in [-0.2, 0) is 0 Å². The lowest BCUT2D eigenvalue weighted by atomic mass is 9.47. The predicted octanol–water partition coefficient (Wildman–Crippen LogP) is 7.54. The predicted molar refractivity (Wildman–Crippen MR) is 126 cm³/mol. The summed E-state index contributed by atoms with van der Waals surface area (Å²) in [4.78, 5) is 7.14. The van der Waals surface area contributed by atoms with Crippen molar-refractivity contribution in [1.82, 2.24) is 0 Å². The number of thiophene rings is 1. The SMILES string of the molecule is c1ccc(C(=NC(c2cccs2)C23CC4CC(CC(C4)C2)C3)c2ccccc2)cc1. The average molecular weight is 412 g/mol. The highest BCUT2D eigenvalue weighted by atomic mass is 32.1. The summed E-state index contributed by atoms with van der Waals surface area (Å²) in [5, 5.41) is 2.24. The largest absolute Gasteiger partial charge is 0.275 e. The molecule has 1 nitrogen and oxygen atoms in total. The highest BCUT2D eigenvalue weighted by Crippen LogP contribution is 2.65. The van der Waals surface area contributed by atoms with Crippen molar-refractivity contribution in [2.75, 3.05) is 0 Å². The molecule has 152 valence electrons. The molecule has 30 heavy (non-hydrogen) atoms. The standard InChI is InChI=1S/C28H29NS/c1-3-8-23(9-4-1)26(24-10-5-2-6-11-24)29-27(25-12-7-13-30-25)28-17-20-14-21(18-28)16-22(15-20)19-28/h1-13,20-22,27H,14-19H2. The minimum Gasteiger partial charge on any atom is -0.275 e. The van der Waals surface area contributed by atoms with Crippen LogP contribution in [0.15, 0.2) is 83.2 Å². The molecule has 1 unspecified atom stereocenters. The van der Waals surface area contributed by atoms with E-state index in [-0.39, 0.29) is 6.04 Å². The van der Waals surface area contributed by atoms with Gasteiger partial charge in [0, 0.05) is 16.0 Å². The van der Waals surface area contributed by atoms with Crippen LogP contribution < -0.4 is 0 Å². The zero-order valence-corrected chi connectivity index (χ0v) is 18.2. The second-order valence-corrected chi connectivity index (χ2v) is 10.9. The molecule has 0 saturated heterocycles. The first-order valence-corrected chi connectivity index (χ1v) is 12.4. The molecule has 3 aromatic rings. The van der Waals surface area contributed by atoms with Crippen molar-refractivity contribution >= 4 is 17.0 Å². The fraction of sp³-hybridized carbons (Fsp3) is 0.393. The maximum atomic E-state index is 5.68. The molecule has 1 aromatic heterocycles. The number of aliphatic imine (C=N–C) groups is 1. The van der Waals surface area contributed by atoms with E-state index in [0.717, 1.165) is 23.5 Å².